The molecule has 0 saturated heterocycles. The Bertz CT molecular complexity index is 506. The summed E-state index contributed by atoms with van der Waals surface area (Å²) in [6.45, 7) is 2.83. The minimum absolute atomic E-state index is 0.643. The first-order valence-electron chi connectivity index (χ1n) is 5.39. The second kappa shape index (κ2) is 5.44. The maximum Gasteiger partial charge on any atom is 0.0652 e. The maximum absolute atomic E-state index is 6.07. The van der Waals surface area contributed by atoms with Crippen molar-refractivity contribution >= 4 is 28.9 Å². The van der Waals surface area contributed by atoms with Gasteiger partial charge < -0.3 is 5.32 Å². The third-order valence-corrected chi connectivity index (χ3v) is 3.08. The first-order chi connectivity index (χ1) is 8.15. The largest absolute Gasteiger partial charge is 0.380 e. The third kappa shape index (κ3) is 3.39. The van der Waals surface area contributed by atoms with Gasteiger partial charge in [0.2, 0.25) is 0 Å². The molecule has 2 aromatic rings. The number of hydrogen-bond donors (Lipinski definition) is 1. The van der Waals surface area contributed by atoms with E-state index in [-0.39, 0.29) is 0 Å². The zero-order valence-corrected chi connectivity index (χ0v) is 11.0. The molecule has 0 fully saturated rings. The van der Waals surface area contributed by atoms with E-state index < -0.39 is 0 Å². The predicted molar refractivity (Wildman–Crippen MR) is 75.0 cm³/mol. The van der Waals surface area contributed by atoms with Crippen LogP contribution in [0.4, 0.5) is 5.69 Å². The number of benzene rings is 2. The Morgan fingerprint density at radius 2 is 1.71 bits per heavy atom. The minimum atomic E-state index is 0.643. The molecule has 0 amide bonds. The third-order valence-electron chi connectivity index (χ3n) is 2.53. The van der Waals surface area contributed by atoms with Crippen molar-refractivity contribution in [3.63, 3.8) is 0 Å². The van der Waals surface area contributed by atoms with Gasteiger partial charge >= 0.3 is 0 Å². The number of aryl methyl sites for hydroxylation is 1. The molecule has 3 heteroatoms. The zero-order chi connectivity index (χ0) is 12.3. The van der Waals surface area contributed by atoms with Crippen LogP contribution >= 0.6 is 23.2 Å². The predicted octanol–water partition coefficient (Wildman–Crippen LogP) is 4.91. The fourth-order valence-electron chi connectivity index (χ4n) is 1.54. The van der Waals surface area contributed by atoms with Gasteiger partial charge in [-0.25, -0.2) is 0 Å². The van der Waals surface area contributed by atoms with Crippen molar-refractivity contribution in [1.82, 2.24) is 0 Å². The Labute approximate surface area is 111 Å². The van der Waals surface area contributed by atoms with Crippen LogP contribution in [-0.2, 0) is 6.54 Å². The Kier molecular flexibility index (Phi) is 3.93. The van der Waals surface area contributed by atoms with E-state index >= 15 is 0 Å². The van der Waals surface area contributed by atoms with Gasteiger partial charge in [-0.3, -0.25) is 0 Å². The summed E-state index contributed by atoms with van der Waals surface area (Å²) in [5.41, 5.74) is 3.39. The molecule has 0 aliphatic heterocycles. The van der Waals surface area contributed by atoms with Crippen LogP contribution in [0.15, 0.2) is 42.5 Å². The van der Waals surface area contributed by atoms with E-state index in [0.29, 0.717) is 10.0 Å². The van der Waals surface area contributed by atoms with Crippen LogP contribution in [0.3, 0.4) is 0 Å². The molecule has 0 aromatic heterocycles. The number of hydrogen-bond acceptors (Lipinski definition) is 1. The van der Waals surface area contributed by atoms with Crippen LogP contribution in [0.2, 0.25) is 10.0 Å². The smallest absolute Gasteiger partial charge is 0.0652 e. The maximum atomic E-state index is 6.07. The Morgan fingerprint density at radius 1 is 1.00 bits per heavy atom. The fraction of sp³-hybridized carbons (Fsp3) is 0.143. The average Bonchev–Trinajstić information content (AvgIpc) is 2.30. The standard InChI is InChI=1S/C14H13Cl2N/c1-10-2-4-11(5-3-10)9-17-14-7-6-12(15)8-13(14)16/h2-8,17H,9H2,1H3. The van der Waals surface area contributed by atoms with Gasteiger partial charge in [0.05, 0.1) is 10.7 Å². The summed E-state index contributed by atoms with van der Waals surface area (Å²) in [5, 5.41) is 4.58. The van der Waals surface area contributed by atoms with Crippen molar-refractivity contribution < 1.29 is 0 Å². The van der Waals surface area contributed by atoms with Crippen LogP contribution < -0.4 is 5.32 Å². The lowest BCUT2D eigenvalue weighted by molar-refractivity contribution is 1.14. The van der Waals surface area contributed by atoms with Crippen molar-refractivity contribution in [2.45, 2.75) is 13.5 Å². The number of halogens is 2. The molecule has 1 N–H and O–H groups in total. The number of anilines is 1. The second-order valence-electron chi connectivity index (χ2n) is 3.96. The number of nitrogens with one attached hydrogen (secondary N) is 1. The van der Waals surface area contributed by atoms with Gasteiger partial charge in [0, 0.05) is 11.6 Å². The molecule has 0 unspecified atom stereocenters. The van der Waals surface area contributed by atoms with Gasteiger partial charge in [-0.2, -0.15) is 0 Å². The highest BCUT2D eigenvalue weighted by Crippen LogP contribution is 2.25. The van der Waals surface area contributed by atoms with Gasteiger partial charge in [0.25, 0.3) is 0 Å². The molecule has 0 bridgehead atoms. The molecule has 1 nitrogen and oxygen atoms in total. The van der Waals surface area contributed by atoms with Crippen LogP contribution in [0, 0.1) is 6.92 Å². The van der Waals surface area contributed by atoms with Crippen molar-refractivity contribution in [2.24, 2.45) is 0 Å². The molecule has 0 spiro atoms. The van der Waals surface area contributed by atoms with E-state index in [1.807, 2.05) is 12.1 Å². The molecule has 0 radical (unpaired) electrons. The normalized spacial score (nSPS) is 10.3. The topological polar surface area (TPSA) is 12.0 Å². The quantitative estimate of drug-likeness (QED) is 0.831. The summed E-state index contributed by atoms with van der Waals surface area (Å²) in [6, 6.07) is 13.9. The van der Waals surface area contributed by atoms with E-state index in [0.717, 1.165) is 12.2 Å². The van der Waals surface area contributed by atoms with E-state index in [1.165, 1.54) is 11.1 Å². The molecule has 0 heterocycles. The molecule has 2 rings (SSSR count). The molecular formula is C14H13Cl2N. The summed E-state index contributed by atoms with van der Waals surface area (Å²) >= 11 is 11.9. The molecule has 0 saturated carbocycles. The Hall–Kier alpha value is -1.18. The lowest BCUT2D eigenvalue weighted by Gasteiger charge is -2.08. The van der Waals surface area contributed by atoms with Crippen LogP contribution in [0.25, 0.3) is 0 Å². The summed E-state index contributed by atoms with van der Waals surface area (Å²) in [5.74, 6) is 0. The Morgan fingerprint density at radius 3 is 2.35 bits per heavy atom. The molecule has 0 atom stereocenters. The van der Waals surface area contributed by atoms with Crippen molar-refractivity contribution in [1.29, 1.82) is 0 Å². The summed E-state index contributed by atoms with van der Waals surface area (Å²) in [6.07, 6.45) is 0. The first kappa shape index (κ1) is 12.3. The van der Waals surface area contributed by atoms with Gasteiger partial charge in [-0.1, -0.05) is 53.0 Å². The van der Waals surface area contributed by atoms with E-state index in [2.05, 4.69) is 36.5 Å². The molecular weight excluding hydrogens is 253 g/mol. The Balaban J connectivity index is 2.04. The van der Waals surface area contributed by atoms with E-state index in [9.17, 15) is 0 Å². The summed E-state index contributed by atoms with van der Waals surface area (Å²) in [7, 11) is 0. The van der Waals surface area contributed by atoms with Gasteiger partial charge in [-0.05, 0) is 30.7 Å². The lowest BCUT2D eigenvalue weighted by Crippen LogP contribution is -1.99. The molecule has 88 valence electrons. The van der Waals surface area contributed by atoms with Crippen molar-refractivity contribution in [3.8, 4) is 0 Å². The van der Waals surface area contributed by atoms with Crippen molar-refractivity contribution in [2.75, 3.05) is 5.32 Å². The zero-order valence-electron chi connectivity index (χ0n) is 9.50. The van der Waals surface area contributed by atoms with Gasteiger partial charge in [-0.15, -0.1) is 0 Å². The average molecular weight is 266 g/mol. The summed E-state index contributed by atoms with van der Waals surface area (Å²) < 4.78 is 0. The first-order valence-corrected chi connectivity index (χ1v) is 6.15. The van der Waals surface area contributed by atoms with Gasteiger partial charge in [0.15, 0.2) is 0 Å². The lowest BCUT2D eigenvalue weighted by atomic mass is 10.1. The number of rotatable bonds is 3. The van der Waals surface area contributed by atoms with Crippen LogP contribution in [0.1, 0.15) is 11.1 Å². The highest BCUT2D eigenvalue weighted by Gasteiger charge is 2.00. The highest BCUT2D eigenvalue weighted by atomic mass is 35.5. The summed E-state index contributed by atoms with van der Waals surface area (Å²) in [4.78, 5) is 0. The molecule has 17 heavy (non-hydrogen) atoms. The van der Waals surface area contributed by atoms with Crippen molar-refractivity contribution in [3.05, 3.63) is 63.6 Å². The van der Waals surface area contributed by atoms with E-state index in [1.54, 1.807) is 6.07 Å². The van der Waals surface area contributed by atoms with E-state index in [4.69, 9.17) is 23.2 Å². The van der Waals surface area contributed by atoms with Gasteiger partial charge in [0.1, 0.15) is 0 Å². The SMILES string of the molecule is Cc1ccc(CNc2ccc(Cl)cc2Cl)cc1. The second-order valence-corrected chi connectivity index (χ2v) is 4.81. The van der Waals surface area contributed by atoms with Crippen LogP contribution in [0.5, 0.6) is 0 Å². The molecule has 2 aromatic carbocycles. The molecule has 0 aliphatic carbocycles. The monoisotopic (exact) mass is 265 g/mol. The minimum Gasteiger partial charge on any atom is -0.380 e. The molecule has 0 aliphatic rings. The highest BCUT2D eigenvalue weighted by molar-refractivity contribution is 6.36. The fourth-order valence-corrected chi connectivity index (χ4v) is 2.01. The van der Waals surface area contributed by atoms with Crippen LogP contribution in [-0.4, -0.2) is 0 Å².